The molecule has 0 aromatic carbocycles. The zero-order chi connectivity index (χ0) is 59.9. The molecule has 0 bridgehead atoms. The van der Waals surface area contributed by atoms with Gasteiger partial charge >= 0.3 is 0 Å². The Morgan fingerprint density at radius 1 is 0.381 bits per heavy atom. The van der Waals surface area contributed by atoms with Crippen molar-refractivity contribution in [2.24, 2.45) is 15.0 Å². The predicted octanol–water partition coefficient (Wildman–Crippen LogP) is 13.7. The lowest BCUT2D eigenvalue weighted by Gasteiger charge is -2.11. The number of imidazole rings is 3. The molecule has 440 valence electrons. The van der Waals surface area contributed by atoms with E-state index in [2.05, 4.69) is 227 Å². The highest BCUT2D eigenvalue weighted by atomic mass is 15.5. The third kappa shape index (κ3) is 15.0. The maximum absolute atomic E-state index is 4.35. The number of aliphatic imine (C=N–C) groups is 3. The minimum atomic E-state index is 0.310. The average molecular weight is 1130 g/mol. The van der Waals surface area contributed by atoms with Gasteiger partial charge in [0.05, 0.1) is 48.1 Å². The van der Waals surface area contributed by atoms with Crippen molar-refractivity contribution >= 4 is 74.7 Å². The highest BCUT2D eigenvalue weighted by molar-refractivity contribution is 5.80. The van der Waals surface area contributed by atoms with Crippen LogP contribution in [0.1, 0.15) is 175 Å². The topological polar surface area (TPSA) is 213 Å². The molecule has 14 heterocycles. The molecular weight excluding hydrogens is 1050 g/mol. The second-order valence-electron chi connectivity index (χ2n) is 22.5. The van der Waals surface area contributed by atoms with Gasteiger partial charge in [0.15, 0.2) is 22.9 Å². The van der Waals surface area contributed by atoms with E-state index in [0.29, 0.717) is 42.3 Å². The summed E-state index contributed by atoms with van der Waals surface area (Å²) in [5, 5.41) is 18.5. The van der Waals surface area contributed by atoms with Gasteiger partial charge in [-0.05, 0) is 177 Å². The normalized spacial score (nSPS) is 13.0. The van der Waals surface area contributed by atoms with Crippen LogP contribution in [0.5, 0.6) is 0 Å². The van der Waals surface area contributed by atoms with Crippen LogP contribution in [0, 0.1) is 0 Å². The summed E-state index contributed by atoms with van der Waals surface area (Å²) < 4.78 is 14.4. The first kappa shape index (κ1) is 61.2. The van der Waals surface area contributed by atoms with E-state index in [0.717, 1.165) is 95.3 Å². The van der Waals surface area contributed by atoms with E-state index in [1.165, 1.54) is 22.2 Å². The van der Waals surface area contributed by atoms with Crippen molar-refractivity contribution in [1.29, 1.82) is 0 Å². The Kier molecular flexibility index (Phi) is 21.0. The Bertz CT molecular complexity index is 3440. The van der Waals surface area contributed by atoms with Gasteiger partial charge in [0.25, 0.3) is 0 Å². The molecule has 84 heavy (non-hydrogen) atoms. The summed E-state index contributed by atoms with van der Waals surface area (Å²) in [7, 11) is 0. The Balaban J connectivity index is 0.000000128. The lowest BCUT2D eigenvalue weighted by atomic mass is 10.2. The Labute approximate surface area is 492 Å². The van der Waals surface area contributed by atoms with Crippen molar-refractivity contribution in [2.75, 3.05) is 6.54 Å². The molecule has 0 amide bonds. The molecule has 11 aromatic rings. The molecule has 21 nitrogen and oxygen atoms in total. The van der Waals surface area contributed by atoms with Crippen LogP contribution in [0.2, 0.25) is 0 Å². The summed E-state index contributed by atoms with van der Waals surface area (Å²) >= 11 is 0. The van der Waals surface area contributed by atoms with Gasteiger partial charge in [-0.15, -0.1) is 10.2 Å². The first-order valence-electron chi connectivity index (χ1n) is 29.4. The average Bonchev–Trinajstić information content (AvgIpc) is 4.46. The van der Waals surface area contributed by atoms with E-state index >= 15 is 0 Å². The second-order valence-corrected chi connectivity index (χ2v) is 22.5. The van der Waals surface area contributed by atoms with Crippen LogP contribution in [-0.4, -0.2) is 113 Å². The van der Waals surface area contributed by atoms with Crippen LogP contribution in [-0.2, 0) is 19.3 Å². The molecule has 0 atom stereocenters. The Morgan fingerprint density at radius 2 is 0.869 bits per heavy atom. The number of aromatic nitrogens is 18. The van der Waals surface area contributed by atoms with E-state index in [4.69, 9.17) is 0 Å². The fourth-order valence-corrected chi connectivity index (χ4v) is 9.42. The zero-order valence-electron chi connectivity index (χ0n) is 51.4. The number of aryl methyl sites for hydroxylation is 2. The fraction of sp³-hybridized carbons (Fsp3) is 0.429. The Hall–Kier alpha value is -8.88. The molecule has 0 fully saturated rings. The lowest BCUT2D eigenvalue weighted by molar-refractivity contribution is 0.518. The van der Waals surface area contributed by atoms with Crippen molar-refractivity contribution in [2.45, 2.75) is 171 Å². The van der Waals surface area contributed by atoms with Crippen LogP contribution >= 0.6 is 0 Å². The first-order valence-corrected chi connectivity index (χ1v) is 29.4. The molecule has 0 N–H and O–H groups in total. The number of hydrogen-bond donors (Lipinski definition) is 0. The van der Waals surface area contributed by atoms with E-state index < -0.39 is 0 Å². The standard InChI is InChI=1S/2C10H12N2.2C9H13N3.C9H11N3.C8H12N4.C8H10N4/c2*1-8(2)12-7-5-9-4-3-6-11-10(9)12;1-7(2)12-6-11-8-3-4-10-5-9(8)12;2*1-7(2)12-6-11-8-4-3-5-10-9(8)12;2*1-6(2)12-8-7(10-11-12)4-3-5-9-8/h2*3-8H,1-2H3;2*5-7H,3-4H2,1-2H3;3-7H,1-2H3;5-6H,3-4H2,1-2H3;3-6H,1-2H3. The van der Waals surface area contributed by atoms with Crippen molar-refractivity contribution in [3.05, 3.63) is 140 Å². The third-order valence-corrected chi connectivity index (χ3v) is 13.9. The minimum Gasteiger partial charge on any atom is -0.330 e. The van der Waals surface area contributed by atoms with Crippen molar-refractivity contribution < 1.29 is 0 Å². The number of nitrogens with zero attached hydrogens (tertiary/aromatic N) is 21. The van der Waals surface area contributed by atoms with Gasteiger partial charge in [-0.2, -0.15) is 0 Å². The van der Waals surface area contributed by atoms with Gasteiger partial charge in [0, 0.05) is 116 Å². The summed E-state index contributed by atoms with van der Waals surface area (Å²) in [5.74, 6) is 1.99. The first-order chi connectivity index (χ1) is 40.5. The van der Waals surface area contributed by atoms with Gasteiger partial charge in [0.2, 0.25) is 0 Å². The summed E-state index contributed by atoms with van der Waals surface area (Å²) in [6.07, 6.45) is 27.9. The van der Waals surface area contributed by atoms with Gasteiger partial charge in [-0.25, -0.2) is 54.2 Å². The second kappa shape index (κ2) is 28.9. The van der Waals surface area contributed by atoms with Gasteiger partial charge in [0.1, 0.15) is 28.0 Å². The van der Waals surface area contributed by atoms with Crippen molar-refractivity contribution in [3.8, 4) is 0 Å². The predicted molar refractivity (Wildman–Crippen MR) is 339 cm³/mol. The van der Waals surface area contributed by atoms with E-state index in [-0.39, 0.29) is 0 Å². The number of fused-ring (bicyclic) bond motifs is 7. The molecule has 0 aliphatic carbocycles. The quantitative estimate of drug-likeness (QED) is 0.146. The molecule has 14 rings (SSSR count). The summed E-state index contributed by atoms with van der Waals surface area (Å²) in [4.78, 5) is 42.9. The summed E-state index contributed by atoms with van der Waals surface area (Å²) in [6.45, 7) is 30.7. The molecule has 11 aromatic heterocycles. The monoisotopic (exact) mass is 1130 g/mol. The third-order valence-electron chi connectivity index (χ3n) is 13.9. The lowest BCUT2D eigenvalue weighted by Crippen LogP contribution is -2.09. The van der Waals surface area contributed by atoms with Crippen LogP contribution in [0.25, 0.3) is 44.4 Å². The van der Waals surface area contributed by atoms with Crippen LogP contribution in [0.4, 0.5) is 11.6 Å². The fourth-order valence-electron chi connectivity index (χ4n) is 9.42. The molecular formula is C63H83N21. The zero-order valence-corrected chi connectivity index (χ0v) is 51.4. The summed E-state index contributed by atoms with van der Waals surface area (Å²) in [6, 6.07) is 22.9. The number of pyridine rings is 4. The maximum Gasteiger partial charge on any atom is 0.178 e. The molecule has 0 saturated carbocycles. The summed E-state index contributed by atoms with van der Waals surface area (Å²) in [5.41, 5.74) is 10.4. The number of rotatable bonds is 7. The highest BCUT2D eigenvalue weighted by Crippen LogP contribution is 2.27. The Morgan fingerprint density at radius 3 is 1.45 bits per heavy atom. The molecule has 3 aliphatic heterocycles. The van der Waals surface area contributed by atoms with Crippen LogP contribution in [0.3, 0.4) is 0 Å². The smallest absolute Gasteiger partial charge is 0.178 e. The van der Waals surface area contributed by atoms with Crippen LogP contribution in [0.15, 0.2) is 132 Å². The maximum atomic E-state index is 4.35. The van der Waals surface area contributed by atoms with Gasteiger partial charge in [-0.1, -0.05) is 10.4 Å². The highest BCUT2D eigenvalue weighted by Gasteiger charge is 2.17. The molecule has 0 spiro atoms. The van der Waals surface area contributed by atoms with E-state index in [1.807, 2.05) is 95.8 Å². The van der Waals surface area contributed by atoms with E-state index in [1.54, 1.807) is 12.4 Å². The minimum absolute atomic E-state index is 0.310. The van der Waals surface area contributed by atoms with E-state index in [9.17, 15) is 0 Å². The SMILES string of the molecule is CC(C)n1ccc2cccnc21.CC(C)n1ccc2cccnc21.CC(C)n1cnc2c1C=NCC2.CC(C)n1cnc2c1N=CCC2.CC(C)n1cnc2cccnc21.CC(C)n1nnc2c1N=CCC2.CC(C)n1nnc2cccnc21. The number of hydrogen-bond acceptors (Lipinski definition) is 14. The van der Waals surface area contributed by atoms with Crippen molar-refractivity contribution in [1.82, 2.24) is 87.7 Å². The molecule has 3 aliphatic rings. The molecule has 0 unspecified atom stereocenters. The molecule has 0 saturated heterocycles. The van der Waals surface area contributed by atoms with Gasteiger partial charge in [-0.3, -0.25) is 4.99 Å². The molecule has 0 radical (unpaired) electrons. The van der Waals surface area contributed by atoms with Crippen LogP contribution < -0.4 is 0 Å². The van der Waals surface area contributed by atoms with Gasteiger partial charge < -0.3 is 22.8 Å². The largest absolute Gasteiger partial charge is 0.330 e. The molecule has 21 heteroatoms. The van der Waals surface area contributed by atoms with Crippen molar-refractivity contribution in [3.63, 3.8) is 0 Å².